The Labute approximate surface area is 452 Å². The van der Waals surface area contributed by atoms with Gasteiger partial charge < -0.3 is 4.57 Å². The van der Waals surface area contributed by atoms with E-state index in [1.165, 1.54) is 36.4 Å². The molecule has 0 aliphatic heterocycles. The molecule has 0 aliphatic rings. The van der Waals surface area contributed by atoms with Gasteiger partial charge in [-0.2, -0.15) is 63.2 Å². The standard InChI is InChI=1S/C64H33F12N5/c65-61(66,67)43-21-23-47(53(31-43)63(71,72)73)38-19-25-57-49(27-38)50-28-39(48-24-22-44(62(68,69)70)32-54(48)64(74,75)76)20-26-58(50)81(57)59-51(45-17-9-7-15-40(45)34-77)29-42(30-52(59)46-18-10-8-16-41(46)35-78)56-33-55(36-11-3-1-4-12-36)79-60(80-56)37-13-5-2-6-14-37/h1-33H. The maximum absolute atomic E-state index is 14.9. The number of rotatable bonds is 8. The summed E-state index contributed by atoms with van der Waals surface area (Å²) in [6, 6.07) is 51.3. The Bertz CT molecular complexity index is 4100. The molecule has 17 heteroatoms. The van der Waals surface area contributed by atoms with E-state index in [0.717, 1.165) is 5.56 Å². The number of nitriles is 2. The molecule has 9 aromatic carbocycles. The number of hydrogen-bond donors (Lipinski definition) is 0. The first-order chi connectivity index (χ1) is 38.6. The zero-order chi connectivity index (χ0) is 57.2. The molecule has 11 rings (SSSR count). The number of hydrogen-bond acceptors (Lipinski definition) is 4. The van der Waals surface area contributed by atoms with Crippen LogP contribution in [0.1, 0.15) is 33.4 Å². The van der Waals surface area contributed by atoms with Crippen molar-refractivity contribution < 1.29 is 52.7 Å². The van der Waals surface area contributed by atoms with E-state index in [9.17, 15) is 63.2 Å². The Morgan fingerprint density at radius 3 is 1.16 bits per heavy atom. The highest BCUT2D eigenvalue weighted by molar-refractivity contribution is 6.13. The molecule has 81 heavy (non-hydrogen) atoms. The van der Waals surface area contributed by atoms with Crippen molar-refractivity contribution >= 4 is 21.8 Å². The third-order valence-corrected chi connectivity index (χ3v) is 13.8. The maximum Gasteiger partial charge on any atom is 0.417 e. The van der Waals surface area contributed by atoms with E-state index < -0.39 is 58.1 Å². The molecule has 2 heterocycles. The highest BCUT2D eigenvalue weighted by Crippen LogP contribution is 2.49. The summed E-state index contributed by atoms with van der Waals surface area (Å²) >= 11 is 0. The predicted molar refractivity (Wildman–Crippen MR) is 284 cm³/mol. The summed E-state index contributed by atoms with van der Waals surface area (Å²) in [5.74, 6) is 0.339. The Hall–Kier alpha value is -10.0. The molecule has 0 spiro atoms. The fourth-order valence-electron chi connectivity index (χ4n) is 10.1. The van der Waals surface area contributed by atoms with E-state index in [2.05, 4.69) is 12.1 Å². The van der Waals surface area contributed by atoms with Crippen molar-refractivity contribution in [3.63, 3.8) is 0 Å². The van der Waals surface area contributed by atoms with Crippen molar-refractivity contribution in [1.82, 2.24) is 14.5 Å². The SMILES string of the molecule is N#Cc1ccccc1-c1cc(-c2cc(-c3ccccc3)nc(-c3ccccc3)n2)cc(-c2ccccc2C#N)c1-n1c2ccc(-c3ccc(C(F)(F)F)cc3C(F)(F)F)cc2c2cc(-c3ccc(C(F)(F)F)cc3C(F)(F)F)ccc21. The molecule has 0 N–H and O–H groups in total. The van der Waals surface area contributed by atoms with Crippen LogP contribution in [0.4, 0.5) is 52.7 Å². The lowest BCUT2D eigenvalue weighted by atomic mass is 9.88. The zero-order valence-electron chi connectivity index (χ0n) is 41.3. The van der Waals surface area contributed by atoms with Crippen molar-refractivity contribution in [2.75, 3.05) is 0 Å². The van der Waals surface area contributed by atoms with Crippen LogP contribution in [0.5, 0.6) is 0 Å². The van der Waals surface area contributed by atoms with E-state index in [1.807, 2.05) is 60.7 Å². The van der Waals surface area contributed by atoms with Gasteiger partial charge in [0.25, 0.3) is 0 Å². The van der Waals surface area contributed by atoms with Crippen LogP contribution in [0.25, 0.3) is 106 Å². The zero-order valence-corrected chi connectivity index (χ0v) is 41.3. The molecule has 11 aromatic rings. The molecule has 0 bridgehead atoms. The molecular weight excluding hydrogens is 1070 g/mol. The van der Waals surface area contributed by atoms with Gasteiger partial charge in [0.05, 0.1) is 73.6 Å². The smallest absolute Gasteiger partial charge is 0.308 e. The van der Waals surface area contributed by atoms with Gasteiger partial charge in [-0.25, -0.2) is 9.97 Å². The molecule has 0 atom stereocenters. The summed E-state index contributed by atoms with van der Waals surface area (Å²) in [7, 11) is 0. The molecule has 0 radical (unpaired) electrons. The van der Waals surface area contributed by atoms with Crippen LogP contribution < -0.4 is 0 Å². The van der Waals surface area contributed by atoms with Crippen molar-refractivity contribution in [3.05, 3.63) is 234 Å². The molecular formula is C64H33F12N5. The number of halogens is 12. The maximum atomic E-state index is 14.9. The van der Waals surface area contributed by atoms with E-state index in [-0.39, 0.29) is 61.9 Å². The van der Waals surface area contributed by atoms with Crippen LogP contribution in [-0.4, -0.2) is 14.5 Å². The monoisotopic (exact) mass is 1100 g/mol. The molecule has 0 unspecified atom stereocenters. The summed E-state index contributed by atoms with van der Waals surface area (Å²) in [6.45, 7) is 0. The van der Waals surface area contributed by atoms with Crippen LogP contribution in [-0.2, 0) is 24.7 Å². The first kappa shape index (κ1) is 53.0. The molecule has 0 saturated heterocycles. The lowest BCUT2D eigenvalue weighted by Crippen LogP contribution is -2.12. The Balaban J connectivity index is 1.29. The lowest BCUT2D eigenvalue weighted by Gasteiger charge is -2.22. The normalized spacial score (nSPS) is 12.2. The van der Waals surface area contributed by atoms with Gasteiger partial charge in [-0.1, -0.05) is 121 Å². The fourth-order valence-corrected chi connectivity index (χ4v) is 10.1. The summed E-state index contributed by atoms with van der Waals surface area (Å²) in [5, 5.41) is 21.6. The molecule has 398 valence electrons. The van der Waals surface area contributed by atoms with Gasteiger partial charge >= 0.3 is 24.7 Å². The van der Waals surface area contributed by atoms with Crippen molar-refractivity contribution in [3.8, 4) is 96.2 Å². The third-order valence-electron chi connectivity index (χ3n) is 13.8. The largest absolute Gasteiger partial charge is 0.417 e. The number of alkyl halides is 12. The average Bonchev–Trinajstić information content (AvgIpc) is 4.07. The number of nitrogens with zero attached hydrogens (tertiary/aromatic N) is 5. The Morgan fingerprint density at radius 2 is 0.741 bits per heavy atom. The number of fused-ring (bicyclic) bond motifs is 3. The van der Waals surface area contributed by atoms with Gasteiger partial charge in [-0.15, -0.1) is 0 Å². The van der Waals surface area contributed by atoms with Gasteiger partial charge in [0.1, 0.15) is 0 Å². The van der Waals surface area contributed by atoms with Crippen LogP contribution in [0.2, 0.25) is 0 Å². The second-order valence-electron chi connectivity index (χ2n) is 18.7. The van der Waals surface area contributed by atoms with Crippen LogP contribution in [0.3, 0.4) is 0 Å². The van der Waals surface area contributed by atoms with Crippen molar-refractivity contribution in [2.24, 2.45) is 0 Å². The summed E-state index contributed by atoms with van der Waals surface area (Å²) < 4.78 is 175. The average molecular weight is 1100 g/mol. The molecule has 0 amide bonds. The van der Waals surface area contributed by atoms with Gasteiger partial charge in [-0.05, 0) is 101 Å². The van der Waals surface area contributed by atoms with Crippen molar-refractivity contribution in [2.45, 2.75) is 24.7 Å². The van der Waals surface area contributed by atoms with Gasteiger partial charge in [0.15, 0.2) is 5.82 Å². The van der Waals surface area contributed by atoms with E-state index in [1.54, 1.807) is 71.3 Å². The van der Waals surface area contributed by atoms with E-state index in [0.29, 0.717) is 74.9 Å². The fraction of sp³-hybridized carbons (Fsp3) is 0.0625. The molecule has 0 saturated carbocycles. The van der Waals surface area contributed by atoms with Gasteiger partial charge in [0, 0.05) is 49.7 Å². The second kappa shape index (κ2) is 20.0. The Kier molecular flexibility index (Phi) is 13.1. The van der Waals surface area contributed by atoms with Crippen LogP contribution in [0, 0.1) is 22.7 Å². The quantitative estimate of drug-likeness (QED) is 0.142. The summed E-state index contributed by atoms with van der Waals surface area (Å²) in [6.07, 6.45) is -21.0. The van der Waals surface area contributed by atoms with Crippen molar-refractivity contribution in [1.29, 1.82) is 10.5 Å². The highest BCUT2D eigenvalue weighted by atomic mass is 19.4. The third kappa shape index (κ3) is 9.99. The van der Waals surface area contributed by atoms with Crippen LogP contribution >= 0.6 is 0 Å². The van der Waals surface area contributed by atoms with E-state index in [4.69, 9.17) is 9.97 Å². The summed E-state index contributed by atoms with van der Waals surface area (Å²) in [5.41, 5.74) is -3.41. The van der Waals surface area contributed by atoms with E-state index >= 15 is 0 Å². The number of benzene rings is 9. The predicted octanol–water partition coefficient (Wildman–Crippen LogP) is 19.1. The minimum atomic E-state index is -5.33. The highest BCUT2D eigenvalue weighted by Gasteiger charge is 2.40. The first-order valence-corrected chi connectivity index (χ1v) is 24.4. The summed E-state index contributed by atoms with van der Waals surface area (Å²) in [4.78, 5) is 10.0. The molecule has 5 nitrogen and oxygen atoms in total. The van der Waals surface area contributed by atoms with Crippen LogP contribution in [0.15, 0.2) is 200 Å². The molecule has 0 fully saturated rings. The Morgan fingerprint density at radius 1 is 0.333 bits per heavy atom. The number of aromatic nitrogens is 3. The second-order valence-corrected chi connectivity index (χ2v) is 18.7. The van der Waals surface area contributed by atoms with Gasteiger partial charge in [-0.3, -0.25) is 0 Å². The first-order valence-electron chi connectivity index (χ1n) is 24.4. The molecule has 2 aromatic heterocycles. The minimum Gasteiger partial charge on any atom is -0.308 e. The molecule has 0 aliphatic carbocycles. The topological polar surface area (TPSA) is 78.3 Å². The lowest BCUT2D eigenvalue weighted by molar-refractivity contribution is -0.144. The van der Waals surface area contributed by atoms with Gasteiger partial charge in [0.2, 0.25) is 0 Å². The minimum absolute atomic E-state index is 0.0210.